The van der Waals surface area contributed by atoms with Gasteiger partial charge in [-0.25, -0.2) is 4.98 Å². The summed E-state index contributed by atoms with van der Waals surface area (Å²) < 4.78 is 1.84. The van der Waals surface area contributed by atoms with E-state index in [1.807, 2.05) is 23.6 Å². The predicted molar refractivity (Wildman–Crippen MR) is 61.7 cm³/mol. The zero-order chi connectivity index (χ0) is 11.7. The van der Waals surface area contributed by atoms with Gasteiger partial charge in [0.2, 0.25) is 0 Å². The largest absolute Gasteiger partial charge is 0.481 e. The molecule has 0 aliphatic heterocycles. The Morgan fingerprint density at radius 2 is 2.31 bits per heavy atom. The normalized spacial score (nSPS) is 10.9. The summed E-state index contributed by atoms with van der Waals surface area (Å²) in [5.74, 6) is -0.0438. The van der Waals surface area contributed by atoms with Gasteiger partial charge in [0.15, 0.2) is 0 Å². The molecule has 0 unspecified atom stereocenters. The first-order chi connectivity index (χ1) is 7.59. The Balaban J connectivity index is 2.50. The standard InChI is InChI=1S/C11H11ClN2O2/c1-7-13-9-4-2-3-8(12)11(9)14(7)6-5-10(15)16/h2-4H,5-6H2,1H3,(H,15,16). The molecule has 0 aliphatic carbocycles. The number of para-hydroxylation sites is 1. The molecule has 16 heavy (non-hydrogen) atoms. The number of hydrogen-bond donors (Lipinski definition) is 1. The molecule has 0 saturated carbocycles. The van der Waals surface area contributed by atoms with Crippen molar-refractivity contribution in [3.63, 3.8) is 0 Å². The molecular formula is C11H11ClN2O2. The summed E-state index contributed by atoms with van der Waals surface area (Å²) in [6, 6.07) is 5.48. The molecule has 1 aromatic carbocycles. The van der Waals surface area contributed by atoms with Gasteiger partial charge >= 0.3 is 5.97 Å². The summed E-state index contributed by atoms with van der Waals surface area (Å²) in [5.41, 5.74) is 1.61. The average Bonchev–Trinajstić information content (AvgIpc) is 2.52. The second-order valence-corrected chi connectivity index (χ2v) is 3.97. The Bertz CT molecular complexity index is 548. The third kappa shape index (κ3) is 1.88. The number of hydrogen-bond acceptors (Lipinski definition) is 2. The third-order valence-corrected chi connectivity index (χ3v) is 2.76. The number of fused-ring (bicyclic) bond motifs is 1. The van der Waals surface area contributed by atoms with E-state index in [1.54, 1.807) is 6.07 Å². The minimum atomic E-state index is -0.826. The van der Waals surface area contributed by atoms with Crippen LogP contribution in [0.5, 0.6) is 0 Å². The van der Waals surface area contributed by atoms with Crippen molar-refractivity contribution < 1.29 is 9.90 Å². The molecule has 2 aromatic rings. The first kappa shape index (κ1) is 11.0. The van der Waals surface area contributed by atoms with Gasteiger partial charge < -0.3 is 9.67 Å². The molecule has 1 aromatic heterocycles. The van der Waals surface area contributed by atoms with E-state index in [1.165, 1.54) is 0 Å². The number of carboxylic acid groups (broad SMARTS) is 1. The van der Waals surface area contributed by atoms with E-state index < -0.39 is 5.97 Å². The molecule has 5 heteroatoms. The van der Waals surface area contributed by atoms with Crippen molar-refractivity contribution >= 4 is 28.6 Å². The number of halogens is 1. The monoisotopic (exact) mass is 238 g/mol. The lowest BCUT2D eigenvalue weighted by molar-refractivity contribution is -0.137. The van der Waals surface area contributed by atoms with Crippen LogP contribution in [0.15, 0.2) is 18.2 Å². The lowest BCUT2D eigenvalue weighted by atomic mass is 10.3. The van der Waals surface area contributed by atoms with E-state index in [0.29, 0.717) is 11.6 Å². The number of rotatable bonds is 3. The lowest BCUT2D eigenvalue weighted by Crippen LogP contribution is -2.06. The SMILES string of the molecule is Cc1nc2cccc(Cl)c2n1CCC(=O)O. The highest BCUT2D eigenvalue weighted by Crippen LogP contribution is 2.24. The minimum Gasteiger partial charge on any atom is -0.481 e. The zero-order valence-electron chi connectivity index (χ0n) is 8.77. The van der Waals surface area contributed by atoms with Gasteiger partial charge in [-0.2, -0.15) is 0 Å². The molecule has 0 saturated heterocycles. The fourth-order valence-corrected chi connectivity index (χ4v) is 2.01. The summed E-state index contributed by atoms with van der Waals surface area (Å²) >= 11 is 6.08. The van der Waals surface area contributed by atoms with Crippen molar-refractivity contribution in [1.82, 2.24) is 9.55 Å². The molecular weight excluding hydrogens is 228 g/mol. The molecule has 0 aliphatic rings. The first-order valence-corrected chi connectivity index (χ1v) is 5.30. The number of aryl methyl sites for hydroxylation is 2. The van der Waals surface area contributed by atoms with Crippen molar-refractivity contribution in [3.8, 4) is 0 Å². The summed E-state index contributed by atoms with van der Waals surface area (Å²) in [6.07, 6.45) is 0.0670. The maximum absolute atomic E-state index is 10.6. The van der Waals surface area contributed by atoms with Crippen LogP contribution in [-0.4, -0.2) is 20.6 Å². The van der Waals surface area contributed by atoms with Gasteiger partial charge in [-0.15, -0.1) is 0 Å². The van der Waals surface area contributed by atoms with Gasteiger partial charge in [-0.1, -0.05) is 17.7 Å². The molecule has 1 heterocycles. The van der Waals surface area contributed by atoms with Gasteiger partial charge in [0.1, 0.15) is 5.82 Å². The number of carbonyl (C=O) groups is 1. The van der Waals surface area contributed by atoms with Gasteiger partial charge in [0.05, 0.1) is 22.5 Å². The van der Waals surface area contributed by atoms with E-state index in [0.717, 1.165) is 16.9 Å². The second kappa shape index (κ2) is 4.14. The fraction of sp³-hybridized carbons (Fsp3) is 0.273. The Morgan fingerprint density at radius 3 is 3.00 bits per heavy atom. The average molecular weight is 239 g/mol. The highest BCUT2D eigenvalue weighted by atomic mass is 35.5. The zero-order valence-corrected chi connectivity index (χ0v) is 9.53. The number of nitrogens with zero attached hydrogens (tertiary/aromatic N) is 2. The maximum atomic E-state index is 10.6. The maximum Gasteiger partial charge on any atom is 0.305 e. The Kier molecular flexibility index (Phi) is 2.83. The van der Waals surface area contributed by atoms with E-state index in [4.69, 9.17) is 16.7 Å². The summed E-state index contributed by atoms with van der Waals surface area (Å²) in [6.45, 7) is 2.24. The second-order valence-electron chi connectivity index (χ2n) is 3.56. The fourth-order valence-electron chi connectivity index (χ4n) is 1.74. The molecule has 0 atom stereocenters. The molecule has 84 valence electrons. The molecule has 0 fully saturated rings. The quantitative estimate of drug-likeness (QED) is 0.894. The van der Waals surface area contributed by atoms with Crippen molar-refractivity contribution in [2.75, 3.05) is 0 Å². The molecule has 4 nitrogen and oxygen atoms in total. The van der Waals surface area contributed by atoms with E-state index in [-0.39, 0.29) is 6.42 Å². The summed E-state index contributed by atoms with van der Waals surface area (Å²) in [4.78, 5) is 14.9. The van der Waals surface area contributed by atoms with Crippen molar-refractivity contribution in [2.24, 2.45) is 0 Å². The van der Waals surface area contributed by atoms with Crippen LogP contribution in [0.25, 0.3) is 11.0 Å². The minimum absolute atomic E-state index is 0.0670. The summed E-state index contributed by atoms with van der Waals surface area (Å²) in [5, 5.41) is 9.28. The predicted octanol–water partition coefficient (Wildman–Crippen LogP) is 2.47. The highest BCUT2D eigenvalue weighted by molar-refractivity contribution is 6.35. The van der Waals surface area contributed by atoms with Gasteiger partial charge in [0, 0.05) is 6.54 Å². The number of aromatic nitrogens is 2. The Hall–Kier alpha value is -1.55. The van der Waals surface area contributed by atoms with Crippen LogP contribution in [0.4, 0.5) is 0 Å². The molecule has 0 amide bonds. The van der Waals surface area contributed by atoms with Crippen molar-refractivity contribution in [3.05, 3.63) is 29.0 Å². The molecule has 1 N–H and O–H groups in total. The van der Waals surface area contributed by atoms with Crippen LogP contribution in [0.2, 0.25) is 5.02 Å². The van der Waals surface area contributed by atoms with E-state index in [2.05, 4.69) is 4.98 Å². The van der Waals surface area contributed by atoms with Gasteiger partial charge in [0.25, 0.3) is 0 Å². The molecule has 0 bridgehead atoms. The first-order valence-electron chi connectivity index (χ1n) is 4.92. The van der Waals surface area contributed by atoms with Gasteiger partial charge in [-0.05, 0) is 19.1 Å². The third-order valence-electron chi connectivity index (χ3n) is 2.46. The smallest absolute Gasteiger partial charge is 0.305 e. The lowest BCUT2D eigenvalue weighted by Gasteiger charge is -2.05. The Morgan fingerprint density at radius 1 is 1.56 bits per heavy atom. The Labute approximate surface area is 97.5 Å². The topological polar surface area (TPSA) is 55.1 Å². The van der Waals surface area contributed by atoms with E-state index in [9.17, 15) is 4.79 Å². The van der Waals surface area contributed by atoms with Gasteiger partial charge in [-0.3, -0.25) is 4.79 Å². The number of aliphatic carboxylic acids is 1. The number of benzene rings is 1. The summed E-state index contributed by atoms with van der Waals surface area (Å²) in [7, 11) is 0. The van der Waals surface area contributed by atoms with Crippen LogP contribution in [0.1, 0.15) is 12.2 Å². The van der Waals surface area contributed by atoms with Crippen molar-refractivity contribution in [2.45, 2.75) is 19.9 Å². The van der Waals surface area contributed by atoms with Crippen molar-refractivity contribution in [1.29, 1.82) is 0 Å². The van der Waals surface area contributed by atoms with Crippen LogP contribution in [0, 0.1) is 6.92 Å². The highest BCUT2D eigenvalue weighted by Gasteiger charge is 2.11. The molecule has 0 spiro atoms. The number of imidazole rings is 1. The van der Waals surface area contributed by atoms with Crippen LogP contribution in [-0.2, 0) is 11.3 Å². The molecule has 2 rings (SSSR count). The van der Waals surface area contributed by atoms with Crippen LogP contribution >= 0.6 is 11.6 Å². The van der Waals surface area contributed by atoms with E-state index >= 15 is 0 Å². The van der Waals surface area contributed by atoms with Crippen LogP contribution in [0.3, 0.4) is 0 Å². The van der Waals surface area contributed by atoms with Crippen LogP contribution < -0.4 is 0 Å². The molecule has 0 radical (unpaired) electrons. The number of carboxylic acids is 1.